The molecule has 1 aliphatic rings. The smallest absolute Gasteiger partial charge is 0.205 e. The van der Waals surface area contributed by atoms with Gasteiger partial charge >= 0.3 is 0 Å². The zero-order chi connectivity index (χ0) is 14.8. The minimum atomic E-state index is 0.551. The van der Waals surface area contributed by atoms with E-state index < -0.39 is 0 Å². The lowest BCUT2D eigenvalue weighted by Crippen LogP contribution is -2.33. The molecule has 0 saturated heterocycles. The third kappa shape index (κ3) is 3.62. The van der Waals surface area contributed by atoms with Gasteiger partial charge in [-0.05, 0) is 37.2 Å². The van der Waals surface area contributed by atoms with Crippen LogP contribution in [0, 0.1) is 12.8 Å². The fourth-order valence-corrected chi connectivity index (χ4v) is 3.88. The summed E-state index contributed by atoms with van der Waals surface area (Å²) in [6.07, 6.45) is 3.42. The maximum absolute atomic E-state index is 4.26. The van der Waals surface area contributed by atoms with Crippen molar-refractivity contribution in [2.75, 3.05) is 5.32 Å². The zero-order valence-corrected chi connectivity index (χ0v) is 13.8. The minimum absolute atomic E-state index is 0.551. The van der Waals surface area contributed by atoms with E-state index in [1.807, 2.05) is 0 Å². The van der Waals surface area contributed by atoms with Gasteiger partial charge in [0.15, 0.2) is 0 Å². The van der Waals surface area contributed by atoms with Crippen LogP contribution in [-0.4, -0.2) is 16.2 Å². The zero-order valence-electron chi connectivity index (χ0n) is 13.0. The van der Waals surface area contributed by atoms with Crippen molar-refractivity contribution in [3.63, 3.8) is 0 Å². The van der Waals surface area contributed by atoms with Crippen LogP contribution in [0.1, 0.15) is 48.7 Å². The Kier molecular flexibility index (Phi) is 4.24. The summed E-state index contributed by atoms with van der Waals surface area (Å²) in [5.41, 5.74) is 2.83. The van der Waals surface area contributed by atoms with Gasteiger partial charge in [-0.15, -0.1) is 10.2 Å². The fourth-order valence-electron chi connectivity index (χ4n) is 2.85. The second-order valence-electron chi connectivity index (χ2n) is 6.52. The summed E-state index contributed by atoms with van der Waals surface area (Å²) < 4.78 is 0. The Morgan fingerprint density at radius 3 is 2.81 bits per heavy atom. The largest absolute Gasteiger partial charge is 0.357 e. The highest BCUT2D eigenvalue weighted by Crippen LogP contribution is 2.39. The summed E-state index contributed by atoms with van der Waals surface area (Å²) in [5.74, 6) is 1.34. The van der Waals surface area contributed by atoms with Crippen LogP contribution in [0.4, 0.5) is 5.13 Å². The third-order valence-electron chi connectivity index (χ3n) is 4.03. The molecule has 0 aliphatic heterocycles. The van der Waals surface area contributed by atoms with E-state index >= 15 is 0 Å². The molecule has 3 nitrogen and oxygen atoms in total. The van der Waals surface area contributed by atoms with Crippen molar-refractivity contribution in [3.05, 3.63) is 40.4 Å². The molecular weight excluding hydrogens is 278 g/mol. The number of anilines is 1. The van der Waals surface area contributed by atoms with Gasteiger partial charge in [-0.25, -0.2) is 0 Å². The van der Waals surface area contributed by atoms with Gasteiger partial charge in [0.2, 0.25) is 5.13 Å². The number of hydrogen-bond acceptors (Lipinski definition) is 4. The maximum atomic E-state index is 4.26. The molecule has 1 fully saturated rings. The van der Waals surface area contributed by atoms with Crippen LogP contribution in [0.15, 0.2) is 24.3 Å². The Bertz CT molecular complexity index is 600. The van der Waals surface area contributed by atoms with E-state index in [-0.39, 0.29) is 0 Å². The summed E-state index contributed by atoms with van der Waals surface area (Å²) in [5, 5.41) is 14.2. The third-order valence-corrected chi connectivity index (χ3v) is 4.91. The van der Waals surface area contributed by atoms with E-state index in [0.29, 0.717) is 17.9 Å². The number of benzene rings is 1. The molecule has 2 aromatic rings. The van der Waals surface area contributed by atoms with E-state index in [1.165, 1.54) is 24.0 Å². The molecule has 1 heterocycles. The van der Waals surface area contributed by atoms with E-state index in [4.69, 9.17) is 0 Å². The summed E-state index contributed by atoms with van der Waals surface area (Å²) in [4.78, 5) is 0. The first-order valence-corrected chi connectivity index (χ1v) is 8.57. The molecule has 1 saturated carbocycles. The van der Waals surface area contributed by atoms with Crippen LogP contribution in [0.25, 0.3) is 0 Å². The Morgan fingerprint density at radius 1 is 1.29 bits per heavy atom. The molecule has 0 spiro atoms. The van der Waals surface area contributed by atoms with Gasteiger partial charge in [-0.1, -0.05) is 55.0 Å². The first-order chi connectivity index (χ1) is 10.1. The van der Waals surface area contributed by atoms with E-state index in [2.05, 4.69) is 60.6 Å². The summed E-state index contributed by atoms with van der Waals surface area (Å²) >= 11 is 1.70. The van der Waals surface area contributed by atoms with Crippen molar-refractivity contribution < 1.29 is 0 Å². The van der Waals surface area contributed by atoms with E-state index in [9.17, 15) is 0 Å². The number of aryl methyl sites for hydroxylation is 1. The van der Waals surface area contributed by atoms with E-state index in [1.54, 1.807) is 11.3 Å². The number of aromatic nitrogens is 2. The molecule has 0 radical (unpaired) electrons. The molecule has 112 valence electrons. The summed E-state index contributed by atoms with van der Waals surface area (Å²) in [6, 6.07) is 9.44. The van der Waals surface area contributed by atoms with Gasteiger partial charge in [0, 0.05) is 12.5 Å². The Labute approximate surface area is 130 Å². The second kappa shape index (κ2) is 6.14. The van der Waals surface area contributed by atoms with Crippen LogP contribution >= 0.6 is 11.3 Å². The van der Waals surface area contributed by atoms with Crippen molar-refractivity contribution in [2.24, 2.45) is 5.92 Å². The molecule has 3 rings (SSSR count). The van der Waals surface area contributed by atoms with Gasteiger partial charge in [0.1, 0.15) is 5.01 Å². The Hall–Kier alpha value is -1.42. The van der Waals surface area contributed by atoms with E-state index in [0.717, 1.165) is 16.6 Å². The SMILES string of the molecule is Cc1cccc(C2CC(Nc3nnc(CC(C)C)s3)C2)c1. The number of nitrogens with zero attached hydrogens (tertiary/aromatic N) is 2. The van der Waals surface area contributed by atoms with Crippen molar-refractivity contribution in [3.8, 4) is 0 Å². The van der Waals surface area contributed by atoms with Crippen LogP contribution in [-0.2, 0) is 6.42 Å². The van der Waals surface area contributed by atoms with Crippen molar-refractivity contribution in [1.29, 1.82) is 0 Å². The van der Waals surface area contributed by atoms with Crippen LogP contribution in [0.5, 0.6) is 0 Å². The molecule has 0 bridgehead atoms. The monoisotopic (exact) mass is 301 g/mol. The van der Waals surface area contributed by atoms with Gasteiger partial charge in [0.25, 0.3) is 0 Å². The molecule has 0 amide bonds. The predicted molar refractivity (Wildman–Crippen MR) is 89.0 cm³/mol. The standard InChI is InChI=1S/C17H23N3S/c1-11(2)7-16-19-20-17(21-16)18-15-9-14(10-15)13-6-4-5-12(3)8-13/h4-6,8,11,14-15H,7,9-10H2,1-3H3,(H,18,20). The first-order valence-electron chi connectivity index (χ1n) is 7.75. The van der Waals surface area contributed by atoms with Crippen LogP contribution < -0.4 is 5.32 Å². The van der Waals surface area contributed by atoms with Gasteiger partial charge in [-0.3, -0.25) is 0 Å². The van der Waals surface area contributed by atoms with Crippen molar-refractivity contribution in [2.45, 2.75) is 52.0 Å². The molecule has 21 heavy (non-hydrogen) atoms. The highest BCUT2D eigenvalue weighted by atomic mass is 32.1. The maximum Gasteiger partial charge on any atom is 0.205 e. The number of nitrogens with one attached hydrogen (secondary N) is 1. The lowest BCUT2D eigenvalue weighted by molar-refractivity contribution is 0.374. The number of rotatable bonds is 5. The average Bonchev–Trinajstić information content (AvgIpc) is 2.79. The highest BCUT2D eigenvalue weighted by molar-refractivity contribution is 7.15. The molecule has 1 aromatic heterocycles. The molecule has 4 heteroatoms. The topological polar surface area (TPSA) is 37.8 Å². The summed E-state index contributed by atoms with van der Waals surface area (Å²) in [6.45, 7) is 6.59. The van der Waals surface area contributed by atoms with Crippen LogP contribution in [0.2, 0.25) is 0 Å². The average molecular weight is 301 g/mol. The molecule has 0 unspecified atom stereocenters. The highest BCUT2D eigenvalue weighted by Gasteiger charge is 2.30. The number of hydrogen-bond donors (Lipinski definition) is 1. The van der Waals surface area contributed by atoms with Gasteiger partial charge < -0.3 is 5.32 Å². The fraction of sp³-hybridized carbons (Fsp3) is 0.529. The van der Waals surface area contributed by atoms with Gasteiger partial charge in [-0.2, -0.15) is 0 Å². The summed E-state index contributed by atoms with van der Waals surface area (Å²) in [7, 11) is 0. The Balaban J connectivity index is 1.51. The minimum Gasteiger partial charge on any atom is -0.357 e. The lowest BCUT2D eigenvalue weighted by Gasteiger charge is -2.36. The first kappa shape index (κ1) is 14.5. The van der Waals surface area contributed by atoms with Crippen molar-refractivity contribution >= 4 is 16.5 Å². The van der Waals surface area contributed by atoms with Crippen LogP contribution in [0.3, 0.4) is 0 Å². The predicted octanol–water partition coefficient (Wildman–Crippen LogP) is 4.40. The molecule has 1 aromatic carbocycles. The second-order valence-corrected chi connectivity index (χ2v) is 7.58. The lowest BCUT2D eigenvalue weighted by atomic mass is 9.75. The van der Waals surface area contributed by atoms with Gasteiger partial charge in [0.05, 0.1) is 0 Å². The van der Waals surface area contributed by atoms with Crippen molar-refractivity contribution in [1.82, 2.24) is 10.2 Å². The normalized spacial score (nSPS) is 21.3. The molecular formula is C17H23N3S. The molecule has 1 aliphatic carbocycles. The molecule has 1 N–H and O–H groups in total. The molecule has 0 atom stereocenters. The quantitative estimate of drug-likeness (QED) is 0.889. The Morgan fingerprint density at radius 2 is 2.10 bits per heavy atom.